The van der Waals surface area contributed by atoms with Crippen molar-refractivity contribution < 1.29 is 9.59 Å². The van der Waals surface area contributed by atoms with E-state index in [2.05, 4.69) is 11.8 Å². The highest BCUT2D eigenvalue weighted by Crippen LogP contribution is 2.50. The number of imide groups is 1. The van der Waals surface area contributed by atoms with Gasteiger partial charge in [0.1, 0.15) is 0 Å². The fourth-order valence-corrected chi connectivity index (χ4v) is 4.31. The quantitative estimate of drug-likeness (QED) is 0.603. The van der Waals surface area contributed by atoms with E-state index in [0.29, 0.717) is 6.54 Å². The van der Waals surface area contributed by atoms with Gasteiger partial charge in [0.15, 0.2) is 0 Å². The maximum atomic E-state index is 12.5. The third-order valence-electron chi connectivity index (χ3n) is 4.29. The number of carbonyl (C=O) groups is 2. The Hall–Kier alpha value is -2.08. The zero-order chi connectivity index (χ0) is 15.1. The fourth-order valence-electron chi connectivity index (χ4n) is 3.41. The minimum Gasteiger partial charge on any atom is -0.285 e. The minimum absolute atomic E-state index is 0.164. The van der Waals surface area contributed by atoms with Crippen molar-refractivity contribution >= 4 is 23.2 Å². The molecule has 5 heteroatoms. The summed E-state index contributed by atoms with van der Waals surface area (Å²) in [7, 11) is 1.52. The summed E-state index contributed by atoms with van der Waals surface area (Å²) in [5, 5.41) is 1.95. The van der Waals surface area contributed by atoms with Crippen LogP contribution in [0.25, 0.3) is 0 Å². The van der Waals surface area contributed by atoms with E-state index in [1.165, 1.54) is 11.9 Å². The summed E-state index contributed by atoms with van der Waals surface area (Å²) >= 11 is 1.55. The molecule has 106 valence electrons. The Bertz CT molecular complexity index is 667. The molecule has 1 aromatic heterocycles. The van der Waals surface area contributed by atoms with Crippen molar-refractivity contribution in [1.29, 1.82) is 0 Å². The molecule has 2 saturated heterocycles. The Labute approximate surface area is 127 Å². The molecule has 3 heterocycles. The Morgan fingerprint density at radius 3 is 2.57 bits per heavy atom. The number of amides is 2. The number of terminal acetylenes is 2. The topological polar surface area (TPSA) is 40.6 Å². The van der Waals surface area contributed by atoms with Crippen LogP contribution in [0.3, 0.4) is 0 Å². The third-order valence-corrected chi connectivity index (χ3v) is 5.24. The van der Waals surface area contributed by atoms with Crippen molar-refractivity contribution in [2.24, 2.45) is 11.8 Å². The normalized spacial score (nSPS) is 32.0. The number of carbonyl (C=O) groups excluding carboxylic acids is 2. The van der Waals surface area contributed by atoms with Gasteiger partial charge in [-0.3, -0.25) is 19.4 Å². The molecule has 21 heavy (non-hydrogen) atoms. The van der Waals surface area contributed by atoms with Crippen LogP contribution in [0.4, 0.5) is 0 Å². The van der Waals surface area contributed by atoms with E-state index in [1.54, 1.807) is 11.3 Å². The summed E-state index contributed by atoms with van der Waals surface area (Å²) in [6, 6.07) is 3.25. The zero-order valence-electron chi connectivity index (χ0n) is 11.5. The molecule has 2 fully saturated rings. The van der Waals surface area contributed by atoms with Gasteiger partial charge in [-0.1, -0.05) is 17.9 Å². The van der Waals surface area contributed by atoms with Crippen molar-refractivity contribution in [3.63, 3.8) is 0 Å². The highest BCUT2D eigenvalue weighted by atomic mass is 32.1. The lowest BCUT2D eigenvalue weighted by atomic mass is 9.89. The molecular weight excluding hydrogens is 284 g/mol. The zero-order valence-corrected chi connectivity index (χ0v) is 12.3. The molecule has 2 aliphatic heterocycles. The van der Waals surface area contributed by atoms with Crippen LogP contribution in [0, 0.1) is 36.5 Å². The molecule has 0 spiro atoms. The van der Waals surface area contributed by atoms with Crippen LogP contribution < -0.4 is 0 Å². The van der Waals surface area contributed by atoms with Crippen LogP contribution in [0.2, 0.25) is 0 Å². The van der Waals surface area contributed by atoms with Crippen LogP contribution in [-0.4, -0.2) is 41.2 Å². The second-order valence-electron chi connectivity index (χ2n) is 5.24. The van der Waals surface area contributed by atoms with Crippen LogP contribution in [-0.2, 0) is 9.59 Å². The van der Waals surface area contributed by atoms with Crippen molar-refractivity contribution in [2.75, 3.05) is 13.6 Å². The molecule has 0 N–H and O–H groups in total. The average molecular weight is 298 g/mol. The first-order chi connectivity index (χ1) is 10.1. The van der Waals surface area contributed by atoms with Crippen LogP contribution in [0.1, 0.15) is 10.9 Å². The third kappa shape index (κ3) is 1.82. The smallest absolute Gasteiger partial charge is 0.235 e. The Balaban J connectivity index is 2.12. The molecule has 4 nitrogen and oxygen atoms in total. The van der Waals surface area contributed by atoms with Gasteiger partial charge in [-0.05, 0) is 11.4 Å². The van der Waals surface area contributed by atoms with Crippen molar-refractivity contribution in [2.45, 2.75) is 12.1 Å². The van der Waals surface area contributed by atoms with Gasteiger partial charge in [0.2, 0.25) is 11.8 Å². The van der Waals surface area contributed by atoms with E-state index >= 15 is 0 Å². The lowest BCUT2D eigenvalue weighted by molar-refractivity contribution is -0.139. The van der Waals surface area contributed by atoms with E-state index < -0.39 is 17.9 Å². The van der Waals surface area contributed by atoms with E-state index in [0.717, 1.165) is 4.88 Å². The van der Waals surface area contributed by atoms with E-state index in [4.69, 9.17) is 12.8 Å². The standard InChI is InChI=1S/C16H14N2O2S/c1-4-8-18-10(5-2)12-13(16(20)17(3)15(12)19)14(18)11-7-6-9-21-11/h1-2,6-7,9-10,12-14H,8H2,3H3/t10-,12-,13-,14-/m0/s1. The highest BCUT2D eigenvalue weighted by Gasteiger charge is 2.61. The summed E-state index contributed by atoms with van der Waals surface area (Å²) in [5.74, 6) is 3.97. The van der Waals surface area contributed by atoms with Crippen LogP contribution in [0.15, 0.2) is 17.5 Å². The summed E-state index contributed by atoms with van der Waals surface area (Å²) in [4.78, 5) is 29.0. The molecule has 0 saturated carbocycles. The summed E-state index contributed by atoms with van der Waals surface area (Å²) < 4.78 is 0. The predicted octanol–water partition coefficient (Wildman–Crippen LogP) is 0.971. The lowest BCUT2D eigenvalue weighted by Crippen LogP contribution is -2.39. The minimum atomic E-state index is -0.493. The molecule has 3 rings (SSSR count). The number of rotatable bonds is 2. The van der Waals surface area contributed by atoms with E-state index in [9.17, 15) is 9.59 Å². The molecule has 0 aliphatic carbocycles. The molecule has 2 aliphatic rings. The van der Waals surface area contributed by atoms with Gasteiger partial charge in [-0.15, -0.1) is 24.2 Å². The summed E-state index contributed by atoms with van der Waals surface area (Å²) in [6.07, 6.45) is 11.1. The summed E-state index contributed by atoms with van der Waals surface area (Å²) in [5.41, 5.74) is 0. The average Bonchev–Trinajstić information content (AvgIpc) is 3.14. The number of hydrogen-bond acceptors (Lipinski definition) is 4. The van der Waals surface area contributed by atoms with Gasteiger partial charge in [0.25, 0.3) is 0 Å². The number of fused-ring (bicyclic) bond motifs is 1. The van der Waals surface area contributed by atoms with Gasteiger partial charge in [-0.25, -0.2) is 0 Å². The van der Waals surface area contributed by atoms with Crippen molar-refractivity contribution in [1.82, 2.24) is 9.80 Å². The first kappa shape index (κ1) is 13.9. The predicted molar refractivity (Wildman–Crippen MR) is 80.0 cm³/mol. The van der Waals surface area contributed by atoms with Crippen molar-refractivity contribution in [3.8, 4) is 24.7 Å². The number of nitrogens with zero attached hydrogens (tertiary/aromatic N) is 2. The first-order valence-electron chi connectivity index (χ1n) is 6.62. The number of likely N-dealkylation sites (tertiary alicyclic amines) is 2. The van der Waals surface area contributed by atoms with Gasteiger partial charge >= 0.3 is 0 Å². The molecule has 0 radical (unpaired) electrons. The monoisotopic (exact) mass is 298 g/mol. The van der Waals surface area contributed by atoms with Gasteiger partial charge in [-0.2, -0.15) is 0 Å². The second kappa shape index (κ2) is 5.04. The van der Waals surface area contributed by atoms with E-state index in [1.807, 2.05) is 22.4 Å². The maximum Gasteiger partial charge on any atom is 0.235 e. The molecule has 4 atom stereocenters. The molecule has 1 aromatic rings. The SMILES string of the molecule is C#CCN1[C@@H](C#C)[C@@H]2C(=O)N(C)C(=O)[C@@H]2[C@@H]1c1cccs1. The Kier molecular flexibility index (Phi) is 3.33. The Morgan fingerprint density at radius 1 is 1.29 bits per heavy atom. The van der Waals surface area contributed by atoms with Crippen LogP contribution >= 0.6 is 11.3 Å². The highest BCUT2D eigenvalue weighted by molar-refractivity contribution is 7.10. The molecule has 0 bridgehead atoms. The largest absolute Gasteiger partial charge is 0.285 e. The van der Waals surface area contributed by atoms with Crippen molar-refractivity contribution in [3.05, 3.63) is 22.4 Å². The second-order valence-corrected chi connectivity index (χ2v) is 6.21. The van der Waals surface area contributed by atoms with E-state index in [-0.39, 0.29) is 17.9 Å². The first-order valence-corrected chi connectivity index (χ1v) is 7.50. The molecular formula is C16H14N2O2S. The number of thiophene rings is 1. The number of hydrogen-bond donors (Lipinski definition) is 0. The van der Waals surface area contributed by atoms with Gasteiger partial charge < -0.3 is 0 Å². The van der Waals surface area contributed by atoms with Gasteiger partial charge in [0.05, 0.1) is 30.5 Å². The van der Waals surface area contributed by atoms with Gasteiger partial charge in [0, 0.05) is 11.9 Å². The molecule has 2 amide bonds. The molecule has 0 aromatic carbocycles. The summed E-state index contributed by atoms with van der Waals surface area (Å²) in [6.45, 7) is 0.328. The lowest BCUT2D eigenvalue weighted by Gasteiger charge is -2.28. The maximum absolute atomic E-state index is 12.5. The van der Waals surface area contributed by atoms with Crippen LogP contribution in [0.5, 0.6) is 0 Å². The fraction of sp³-hybridized carbons (Fsp3) is 0.375. The Morgan fingerprint density at radius 2 is 2.00 bits per heavy atom. The molecule has 0 unspecified atom stereocenters.